The number of halogens is 3. The average Bonchev–Trinajstić information content (AvgIpc) is 3.57. The Morgan fingerprint density at radius 3 is 2.54 bits per heavy atom. The van der Waals surface area contributed by atoms with Crippen molar-refractivity contribution in [1.29, 1.82) is 0 Å². The highest BCUT2D eigenvalue weighted by Crippen LogP contribution is 2.35. The predicted octanol–water partition coefficient (Wildman–Crippen LogP) is 6.28. The molecule has 0 radical (unpaired) electrons. The Balaban J connectivity index is 1.50. The number of alkyl halides is 3. The zero-order valence-electron chi connectivity index (χ0n) is 22.9. The summed E-state index contributed by atoms with van der Waals surface area (Å²) in [7, 11) is 0. The fourth-order valence-electron chi connectivity index (χ4n) is 6.07. The maximum Gasteiger partial charge on any atom is 0.399 e. The van der Waals surface area contributed by atoms with Crippen LogP contribution in [0.2, 0.25) is 0 Å². The zero-order chi connectivity index (χ0) is 27.6. The van der Waals surface area contributed by atoms with E-state index in [1.807, 2.05) is 4.90 Å². The minimum Gasteiger partial charge on any atom is -0.408 e. The minimum atomic E-state index is -4.45. The summed E-state index contributed by atoms with van der Waals surface area (Å²) in [4.78, 5) is 8.11. The molecular weight excluding hydrogens is 503 g/mol. The van der Waals surface area contributed by atoms with E-state index in [1.165, 1.54) is 49.4 Å². The molecular formula is C30H38F3N5O. The van der Waals surface area contributed by atoms with E-state index < -0.39 is 11.7 Å². The normalized spacial score (nSPS) is 17.9. The van der Waals surface area contributed by atoms with E-state index in [0.717, 1.165) is 50.2 Å². The molecule has 0 unspecified atom stereocenters. The summed E-state index contributed by atoms with van der Waals surface area (Å²) < 4.78 is 46.5. The smallest absolute Gasteiger partial charge is 0.399 e. The number of rotatable bonds is 9. The van der Waals surface area contributed by atoms with Gasteiger partial charge >= 0.3 is 12.2 Å². The number of nitrogens with zero attached hydrogens (tertiary/aromatic N) is 4. The van der Waals surface area contributed by atoms with Gasteiger partial charge in [0.05, 0.1) is 25.2 Å². The van der Waals surface area contributed by atoms with Crippen LogP contribution in [-0.2, 0) is 19.4 Å². The first kappa shape index (κ1) is 27.3. The van der Waals surface area contributed by atoms with Crippen molar-refractivity contribution in [3.05, 3.63) is 70.6 Å². The summed E-state index contributed by atoms with van der Waals surface area (Å²) in [6.45, 7) is 10.2. The standard InChI is InChI=1S/C30H37F3N5O/c1-4-37(17-22-9-5-6-10-22)28-25(16-24-11-7-8-12-27(24)34-28)19-38(29-36-35-21(3)39-29)18-23-13-20(2)14-26(15-23)30(31,32)33/h13-16,22H,2,4-12,17-19H2,1,3H3/q-1/p+1. The van der Waals surface area contributed by atoms with E-state index in [4.69, 9.17) is 4.42 Å². The summed E-state index contributed by atoms with van der Waals surface area (Å²) in [6, 6.07) is 2.57. The largest absolute Gasteiger partial charge is 0.408 e. The molecule has 1 saturated carbocycles. The van der Waals surface area contributed by atoms with Crippen molar-refractivity contribution in [3.63, 3.8) is 0 Å². The second kappa shape index (κ2) is 11.5. The van der Waals surface area contributed by atoms with Crippen molar-refractivity contribution in [3.8, 4) is 0 Å². The third-order valence-electron chi connectivity index (χ3n) is 7.98. The summed E-state index contributed by atoms with van der Waals surface area (Å²) >= 11 is 0. The first-order valence-corrected chi connectivity index (χ1v) is 14.1. The monoisotopic (exact) mass is 541 g/mol. The van der Waals surface area contributed by atoms with Gasteiger partial charge < -0.3 is 9.32 Å². The second-order valence-corrected chi connectivity index (χ2v) is 11.0. The van der Waals surface area contributed by atoms with Gasteiger partial charge in [0.1, 0.15) is 5.69 Å². The highest BCUT2D eigenvalue weighted by molar-refractivity contribution is 5.52. The molecule has 0 amide bonds. The third-order valence-corrected chi connectivity index (χ3v) is 7.98. The Hall–Kier alpha value is -3.23. The Bertz CT molecular complexity index is 1260. The maximum atomic E-state index is 13.6. The summed E-state index contributed by atoms with van der Waals surface area (Å²) in [5.41, 5.74) is 3.81. The van der Waals surface area contributed by atoms with Crippen molar-refractivity contribution in [1.82, 2.24) is 10.2 Å². The molecule has 0 atom stereocenters. The Kier molecular flexibility index (Phi) is 8.05. The predicted molar refractivity (Wildman–Crippen MR) is 145 cm³/mol. The fraction of sp³-hybridized carbons (Fsp3) is 0.533. The molecule has 2 aromatic rings. The average molecular weight is 542 g/mol. The van der Waals surface area contributed by atoms with Crippen molar-refractivity contribution in [2.45, 2.75) is 77.9 Å². The number of aromatic amines is 1. The van der Waals surface area contributed by atoms with Crippen LogP contribution in [0.1, 0.15) is 68.2 Å². The first-order chi connectivity index (χ1) is 18.7. The topological polar surface area (TPSA) is 59.5 Å². The molecule has 2 aromatic heterocycles. The molecule has 0 aliphatic heterocycles. The van der Waals surface area contributed by atoms with Crippen molar-refractivity contribution in [2.75, 3.05) is 29.4 Å². The highest BCUT2D eigenvalue weighted by atomic mass is 19.4. The number of aromatic nitrogens is 3. The highest BCUT2D eigenvalue weighted by Gasteiger charge is 2.32. The molecule has 0 saturated heterocycles. The summed E-state index contributed by atoms with van der Waals surface area (Å²) in [5.74, 6) is 2.18. The van der Waals surface area contributed by atoms with E-state index in [0.29, 0.717) is 29.5 Å². The molecule has 3 aliphatic carbocycles. The molecule has 3 aliphatic rings. The van der Waals surface area contributed by atoms with Crippen LogP contribution in [0.5, 0.6) is 0 Å². The molecule has 0 spiro atoms. The number of anilines is 2. The molecule has 39 heavy (non-hydrogen) atoms. The van der Waals surface area contributed by atoms with E-state index in [-0.39, 0.29) is 12.6 Å². The molecule has 9 heteroatoms. The van der Waals surface area contributed by atoms with E-state index in [9.17, 15) is 13.2 Å². The van der Waals surface area contributed by atoms with Gasteiger partial charge in [0, 0.05) is 19.9 Å². The van der Waals surface area contributed by atoms with Gasteiger partial charge in [-0.25, -0.2) is 4.98 Å². The number of nitrogens with one attached hydrogen (secondary N) is 1. The van der Waals surface area contributed by atoms with Gasteiger partial charge in [0.2, 0.25) is 5.89 Å². The lowest BCUT2D eigenvalue weighted by Crippen LogP contribution is -2.38. The molecule has 0 aromatic carbocycles. The van der Waals surface area contributed by atoms with Gasteiger partial charge in [-0.3, -0.25) is 4.90 Å². The van der Waals surface area contributed by atoms with Crippen LogP contribution in [0.4, 0.5) is 25.0 Å². The zero-order valence-corrected chi connectivity index (χ0v) is 22.9. The molecule has 0 bridgehead atoms. The molecule has 6 nitrogen and oxygen atoms in total. The van der Waals surface area contributed by atoms with Crippen LogP contribution in [0.3, 0.4) is 0 Å². The Morgan fingerprint density at radius 1 is 1.08 bits per heavy atom. The van der Waals surface area contributed by atoms with Crippen molar-refractivity contribution in [2.24, 2.45) is 5.92 Å². The lowest BCUT2D eigenvalue weighted by molar-refractivity contribution is -0.378. The molecule has 210 valence electrons. The first-order valence-electron chi connectivity index (χ1n) is 14.1. The number of hydrogen-bond donors (Lipinski definition) is 0. The van der Waals surface area contributed by atoms with Crippen LogP contribution >= 0.6 is 0 Å². The fourth-order valence-corrected chi connectivity index (χ4v) is 6.07. The molecule has 2 heterocycles. The van der Waals surface area contributed by atoms with Crippen LogP contribution in [0, 0.1) is 19.3 Å². The van der Waals surface area contributed by atoms with Gasteiger partial charge in [0.25, 0.3) is 5.82 Å². The van der Waals surface area contributed by atoms with Gasteiger partial charge in [-0.1, -0.05) is 17.9 Å². The summed E-state index contributed by atoms with van der Waals surface area (Å²) in [6.07, 6.45) is 8.97. The lowest BCUT2D eigenvalue weighted by atomic mass is 9.94. The number of fused-ring (bicyclic) bond motifs is 1. The Morgan fingerprint density at radius 2 is 1.85 bits per heavy atom. The summed E-state index contributed by atoms with van der Waals surface area (Å²) in [5, 5.41) is 8.25. The number of hydrogen-bond acceptors (Lipinski definition) is 5. The van der Waals surface area contributed by atoms with Gasteiger partial charge in [-0.05, 0) is 62.1 Å². The van der Waals surface area contributed by atoms with E-state index >= 15 is 0 Å². The molecule has 5 rings (SSSR count). The number of H-pyrrole nitrogens is 1. The Labute approximate surface area is 228 Å². The van der Waals surface area contributed by atoms with E-state index in [1.54, 1.807) is 13.0 Å². The number of pyridine rings is 1. The van der Waals surface area contributed by atoms with Gasteiger partial charge in [-0.2, -0.15) is 25.3 Å². The van der Waals surface area contributed by atoms with Gasteiger partial charge in [0.15, 0.2) is 0 Å². The van der Waals surface area contributed by atoms with Crippen LogP contribution in [0.15, 0.2) is 45.9 Å². The molecule has 1 N–H and O–H groups in total. The number of aryl methyl sites for hydroxylation is 3. The third kappa shape index (κ3) is 6.50. The van der Waals surface area contributed by atoms with Crippen molar-refractivity contribution < 1.29 is 22.6 Å². The minimum absolute atomic E-state index is 0.180. The molecule has 1 fully saturated rings. The van der Waals surface area contributed by atoms with E-state index in [2.05, 4.69) is 39.7 Å². The quantitative estimate of drug-likeness (QED) is 0.350. The maximum absolute atomic E-state index is 13.6. The van der Waals surface area contributed by atoms with Crippen molar-refractivity contribution >= 4 is 11.8 Å². The second-order valence-electron chi connectivity index (χ2n) is 11.0. The van der Waals surface area contributed by atoms with Gasteiger partial charge in [-0.15, -0.1) is 29.2 Å². The lowest BCUT2D eigenvalue weighted by Gasteiger charge is -2.29. The van der Waals surface area contributed by atoms with Crippen LogP contribution in [-0.4, -0.2) is 36.0 Å². The van der Waals surface area contributed by atoms with Crippen LogP contribution in [0.25, 0.3) is 0 Å². The SMILES string of the molecule is C=C1C=C(CN(Cc2cc3c([nH+]c2N(CC)CC2CCCC2)CCCC3)c2nnc(C)o2)C=C(C(F)(F)F)[CH-]1. The number of allylic oxidation sites excluding steroid dienone is 3. The van der Waals surface area contributed by atoms with Crippen LogP contribution < -0.4 is 14.8 Å².